The molecule has 27 heavy (non-hydrogen) atoms. The Morgan fingerprint density at radius 3 is 2.41 bits per heavy atom. The minimum Gasteiger partial charge on any atom is -0.466 e. The lowest BCUT2D eigenvalue weighted by molar-refractivity contribution is -0.188. The first-order chi connectivity index (χ1) is 12.4. The molecule has 1 aliphatic heterocycles. The van der Waals surface area contributed by atoms with E-state index in [2.05, 4.69) is 5.43 Å². The van der Waals surface area contributed by atoms with Crippen LogP contribution in [0.1, 0.15) is 53.9 Å². The first kappa shape index (κ1) is 21.0. The van der Waals surface area contributed by atoms with Gasteiger partial charge in [-0.1, -0.05) is 0 Å². The molecule has 2 atom stereocenters. The molecule has 1 fully saturated rings. The summed E-state index contributed by atoms with van der Waals surface area (Å²) in [5.41, 5.74) is -1.59. The van der Waals surface area contributed by atoms with Crippen molar-refractivity contribution in [3.05, 3.63) is 11.3 Å². The number of carbonyl (C=O) groups excluding carboxylic acids is 3. The van der Waals surface area contributed by atoms with Crippen LogP contribution in [0.2, 0.25) is 0 Å². The fourth-order valence-electron chi connectivity index (χ4n) is 3.95. The highest BCUT2D eigenvalue weighted by Crippen LogP contribution is 2.59. The van der Waals surface area contributed by atoms with E-state index in [9.17, 15) is 19.5 Å². The summed E-state index contributed by atoms with van der Waals surface area (Å²) < 4.78 is 15.3. The van der Waals surface area contributed by atoms with E-state index in [-0.39, 0.29) is 30.7 Å². The molecule has 1 saturated carbocycles. The van der Waals surface area contributed by atoms with Crippen LogP contribution in [0.25, 0.3) is 0 Å². The molecule has 2 rings (SSSR count). The smallest absolute Gasteiger partial charge is 0.426 e. The molecule has 9 heteroatoms. The van der Waals surface area contributed by atoms with E-state index in [4.69, 9.17) is 14.2 Å². The van der Waals surface area contributed by atoms with E-state index in [0.29, 0.717) is 6.42 Å². The Balaban J connectivity index is 2.53. The summed E-state index contributed by atoms with van der Waals surface area (Å²) in [5, 5.41) is 12.6. The number of esters is 2. The lowest BCUT2D eigenvalue weighted by Crippen LogP contribution is -2.61. The molecule has 0 aromatic carbocycles. The summed E-state index contributed by atoms with van der Waals surface area (Å²) in [6.45, 7) is 8.36. The lowest BCUT2D eigenvalue weighted by atomic mass is 9.75. The Hall–Kier alpha value is -2.29. The van der Waals surface area contributed by atoms with Gasteiger partial charge in [0.15, 0.2) is 11.1 Å². The average molecular weight is 384 g/mol. The molecule has 0 bridgehead atoms. The van der Waals surface area contributed by atoms with E-state index in [1.165, 1.54) is 14.0 Å². The number of nitrogens with zero attached hydrogens (tertiary/aromatic N) is 1. The number of fused-ring (bicyclic) bond motifs is 1. The van der Waals surface area contributed by atoms with Crippen molar-refractivity contribution in [3.8, 4) is 0 Å². The van der Waals surface area contributed by atoms with Gasteiger partial charge in [0.05, 0.1) is 19.3 Å². The minimum absolute atomic E-state index is 0.0143. The maximum absolute atomic E-state index is 12.9. The second-order valence-electron chi connectivity index (χ2n) is 7.70. The fourth-order valence-corrected chi connectivity index (χ4v) is 3.95. The fraction of sp³-hybridized carbons (Fsp3) is 0.722. The van der Waals surface area contributed by atoms with Gasteiger partial charge in [-0.05, 0) is 53.9 Å². The van der Waals surface area contributed by atoms with Crippen LogP contribution in [0.3, 0.4) is 0 Å². The van der Waals surface area contributed by atoms with Gasteiger partial charge in [0, 0.05) is 5.70 Å². The quantitative estimate of drug-likeness (QED) is 0.555. The third-order valence-corrected chi connectivity index (χ3v) is 4.87. The molecule has 0 aromatic rings. The first-order valence-electron chi connectivity index (χ1n) is 8.93. The van der Waals surface area contributed by atoms with E-state index in [0.717, 1.165) is 5.01 Å². The van der Waals surface area contributed by atoms with Crippen molar-refractivity contribution >= 4 is 18.0 Å². The van der Waals surface area contributed by atoms with Crippen molar-refractivity contribution in [2.24, 2.45) is 5.41 Å². The number of allylic oxidation sites excluding steroid dienone is 1. The van der Waals surface area contributed by atoms with Gasteiger partial charge in [0.1, 0.15) is 5.60 Å². The summed E-state index contributed by atoms with van der Waals surface area (Å²) in [4.78, 5) is 37.7. The third-order valence-electron chi connectivity index (χ3n) is 4.87. The maximum Gasteiger partial charge on any atom is 0.426 e. The molecule has 0 radical (unpaired) electrons. The molecule has 9 nitrogen and oxygen atoms in total. The Kier molecular flexibility index (Phi) is 5.47. The Morgan fingerprint density at radius 2 is 1.89 bits per heavy atom. The minimum atomic E-state index is -1.86. The molecule has 0 saturated heterocycles. The summed E-state index contributed by atoms with van der Waals surface area (Å²) in [7, 11) is 1.19. The van der Waals surface area contributed by atoms with Crippen LogP contribution in [0.15, 0.2) is 11.3 Å². The molecule has 0 aromatic heterocycles. The van der Waals surface area contributed by atoms with E-state index in [1.807, 2.05) is 0 Å². The van der Waals surface area contributed by atoms with E-state index < -0.39 is 34.8 Å². The molecule has 2 aliphatic rings. The zero-order valence-electron chi connectivity index (χ0n) is 16.7. The predicted molar refractivity (Wildman–Crippen MR) is 93.8 cm³/mol. The second-order valence-corrected chi connectivity index (χ2v) is 7.70. The van der Waals surface area contributed by atoms with Crippen LogP contribution < -0.4 is 5.43 Å². The zero-order chi connectivity index (χ0) is 20.6. The number of hydrazine groups is 1. The van der Waals surface area contributed by atoms with Crippen molar-refractivity contribution in [2.45, 2.75) is 65.2 Å². The predicted octanol–water partition coefficient (Wildman–Crippen LogP) is 1.61. The molecule has 0 spiro atoms. The number of aliphatic hydroxyl groups is 1. The van der Waals surface area contributed by atoms with E-state index >= 15 is 0 Å². The number of hydrogen-bond donors (Lipinski definition) is 2. The molecule has 1 amide bonds. The van der Waals surface area contributed by atoms with Gasteiger partial charge in [0.25, 0.3) is 0 Å². The van der Waals surface area contributed by atoms with Gasteiger partial charge in [-0.15, -0.1) is 0 Å². The molecule has 0 unspecified atom stereocenters. The highest BCUT2D eigenvalue weighted by atomic mass is 16.6. The average Bonchev–Trinajstić information content (AvgIpc) is 2.97. The van der Waals surface area contributed by atoms with Gasteiger partial charge < -0.3 is 19.3 Å². The number of nitrogens with one attached hydrogen (secondary N) is 1. The largest absolute Gasteiger partial charge is 0.466 e. The standard InChI is InChI=1S/C18H28N2O7/c1-7-26-14(22)17-9-8-10-18(17,24)20(11(2)12(17)13(21)25-6)19-15(23)27-16(3,4)5/h24H,7-10H2,1-6H3,(H,19,23)/t17-,18+/m0/s1. The van der Waals surface area contributed by atoms with Crippen molar-refractivity contribution in [2.75, 3.05) is 13.7 Å². The van der Waals surface area contributed by atoms with Crippen LogP contribution in [0.4, 0.5) is 4.79 Å². The van der Waals surface area contributed by atoms with Crippen LogP contribution in [-0.2, 0) is 23.8 Å². The number of ether oxygens (including phenoxy) is 3. The number of carbonyl (C=O) groups is 3. The third kappa shape index (κ3) is 3.24. The molecule has 1 aliphatic carbocycles. The lowest BCUT2D eigenvalue weighted by Gasteiger charge is -2.41. The Bertz CT molecular complexity index is 682. The molecular formula is C18H28N2O7. The van der Waals surface area contributed by atoms with Crippen LogP contribution in [-0.4, -0.2) is 53.2 Å². The molecular weight excluding hydrogens is 356 g/mol. The van der Waals surface area contributed by atoms with Crippen molar-refractivity contribution in [1.82, 2.24) is 10.4 Å². The molecule has 1 heterocycles. The number of hydrogen-bond acceptors (Lipinski definition) is 8. The van der Waals surface area contributed by atoms with Crippen molar-refractivity contribution in [3.63, 3.8) is 0 Å². The van der Waals surface area contributed by atoms with Gasteiger partial charge in [-0.2, -0.15) is 0 Å². The van der Waals surface area contributed by atoms with Gasteiger partial charge in [0.2, 0.25) is 0 Å². The van der Waals surface area contributed by atoms with Gasteiger partial charge >= 0.3 is 18.0 Å². The number of methoxy groups -OCH3 is 1. The summed E-state index contributed by atoms with van der Waals surface area (Å²) >= 11 is 0. The topological polar surface area (TPSA) is 114 Å². The van der Waals surface area contributed by atoms with Crippen LogP contribution in [0.5, 0.6) is 0 Å². The maximum atomic E-state index is 12.9. The summed E-state index contributed by atoms with van der Waals surface area (Å²) in [6, 6.07) is 0. The monoisotopic (exact) mass is 384 g/mol. The highest BCUT2D eigenvalue weighted by molar-refractivity contribution is 6.01. The van der Waals surface area contributed by atoms with Crippen LogP contribution in [0, 0.1) is 5.41 Å². The normalized spacial score (nSPS) is 27.3. The summed E-state index contributed by atoms with van der Waals surface area (Å²) in [6.07, 6.45) is -0.0166. The zero-order valence-corrected chi connectivity index (χ0v) is 16.7. The Morgan fingerprint density at radius 1 is 1.26 bits per heavy atom. The molecule has 2 N–H and O–H groups in total. The number of amides is 1. The number of rotatable bonds is 4. The SMILES string of the molecule is CCOC(=O)[C@@]12CCC[C@]1(O)N(NC(=O)OC(C)(C)C)C(C)=C2C(=O)OC. The van der Waals surface area contributed by atoms with E-state index in [1.54, 1.807) is 27.7 Å². The Labute approximate surface area is 158 Å². The molecule has 152 valence electrons. The first-order valence-corrected chi connectivity index (χ1v) is 8.93. The second kappa shape index (κ2) is 7.03. The van der Waals surface area contributed by atoms with Crippen molar-refractivity contribution < 1.29 is 33.7 Å². The summed E-state index contributed by atoms with van der Waals surface area (Å²) in [5.74, 6) is -1.48. The van der Waals surface area contributed by atoms with Gasteiger partial charge in [-0.3, -0.25) is 9.80 Å². The highest BCUT2D eigenvalue weighted by Gasteiger charge is 2.72. The van der Waals surface area contributed by atoms with Crippen molar-refractivity contribution in [1.29, 1.82) is 0 Å². The van der Waals surface area contributed by atoms with Gasteiger partial charge in [-0.25, -0.2) is 15.0 Å². The van der Waals surface area contributed by atoms with Crippen LogP contribution >= 0.6 is 0 Å².